The van der Waals surface area contributed by atoms with E-state index in [0.29, 0.717) is 15.5 Å². The average Bonchev–Trinajstić information content (AvgIpc) is 2.39. The summed E-state index contributed by atoms with van der Waals surface area (Å²) in [6, 6.07) is 8.06. The molecule has 2 aromatic rings. The van der Waals surface area contributed by atoms with Crippen LogP contribution in [0.15, 0.2) is 50.9 Å². The van der Waals surface area contributed by atoms with Crippen molar-refractivity contribution in [3.8, 4) is 0 Å². The number of amides is 1. The smallest absolute Gasteiger partial charge is 0.336 e. The number of carbonyl (C=O) groups excluding carboxylic acids is 1. The number of pyridine rings is 1. The zero-order valence-corrected chi connectivity index (χ0v) is 12.4. The lowest BCUT2D eigenvalue weighted by atomic mass is 10.2. The molecule has 1 aromatic carbocycles. The van der Waals surface area contributed by atoms with Crippen LogP contribution in [0.3, 0.4) is 0 Å². The third kappa shape index (κ3) is 3.37. The Labute approximate surface area is 127 Å². The van der Waals surface area contributed by atoms with E-state index in [-0.39, 0.29) is 5.56 Å². The highest BCUT2D eigenvalue weighted by Gasteiger charge is 2.12. The van der Waals surface area contributed by atoms with E-state index in [1.807, 2.05) is 0 Å². The number of carboxylic acids is 1. The van der Waals surface area contributed by atoms with Gasteiger partial charge in [-0.05, 0) is 30.3 Å². The predicted octanol–water partition coefficient (Wildman–Crippen LogP) is 2.79. The number of hydrogen-bond acceptors (Lipinski definition) is 4. The molecule has 0 atom stereocenters. The predicted molar refractivity (Wildman–Crippen MR) is 78.0 cm³/mol. The van der Waals surface area contributed by atoms with Crippen molar-refractivity contribution in [1.29, 1.82) is 0 Å². The van der Waals surface area contributed by atoms with Gasteiger partial charge in [0.2, 0.25) is 5.91 Å². The fourth-order valence-corrected chi connectivity index (χ4v) is 2.89. The number of carbonyl (C=O) groups is 2. The van der Waals surface area contributed by atoms with E-state index in [4.69, 9.17) is 10.8 Å². The molecular weight excluding hydrogens is 344 g/mol. The van der Waals surface area contributed by atoms with Crippen molar-refractivity contribution >= 4 is 39.6 Å². The maximum atomic E-state index is 11.2. The molecular formula is C13H9BrN2O3S. The first-order valence-corrected chi connectivity index (χ1v) is 7.05. The molecule has 0 saturated carbocycles. The summed E-state index contributed by atoms with van der Waals surface area (Å²) in [7, 11) is 0. The minimum Gasteiger partial charge on any atom is -0.478 e. The summed E-state index contributed by atoms with van der Waals surface area (Å²) in [6.07, 6.45) is 1.36. The van der Waals surface area contributed by atoms with Crippen LogP contribution in [0.2, 0.25) is 0 Å². The third-order valence-electron chi connectivity index (χ3n) is 2.41. The van der Waals surface area contributed by atoms with E-state index in [9.17, 15) is 9.59 Å². The van der Waals surface area contributed by atoms with Crippen LogP contribution < -0.4 is 5.73 Å². The minimum absolute atomic E-state index is 0.193. The summed E-state index contributed by atoms with van der Waals surface area (Å²) in [5.41, 5.74) is 5.63. The molecule has 0 bridgehead atoms. The number of rotatable bonds is 4. The van der Waals surface area contributed by atoms with Crippen molar-refractivity contribution in [2.45, 2.75) is 9.92 Å². The molecule has 2 rings (SSSR count). The van der Waals surface area contributed by atoms with E-state index in [0.717, 1.165) is 4.47 Å². The van der Waals surface area contributed by atoms with Crippen LogP contribution in [0.1, 0.15) is 20.7 Å². The molecule has 102 valence electrons. The fraction of sp³-hybridized carbons (Fsp3) is 0. The topological polar surface area (TPSA) is 93.3 Å². The van der Waals surface area contributed by atoms with Crippen LogP contribution in [0, 0.1) is 0 Å². The number of benzene rings is 1. The number of nitrogens with zero attached hydrogens (tertiary/aromatic N) is 1. The van der Waals surface area contributed by atoms with Gasteiger partial charge in [-0.1, -0.05) is 27.7 Å². The van der Waals surface area contributed by atoms with Crippen molar-refractivity contribution in [2.75, 3.05) is 0 Å². The molecule has 7 heteroatoms. The summed E-state index contributed by atoms with van der Waals surface area (Å²) in [4.78, 5) is 26.7. The second-order valence-corrected chi connectivity index (χ2v) is 5.77. The van der Waals surface area contributed by atoms with Crippen LogP contribution in [-0.4, -0.2) is 22.0 Å². The Morgan fingerprint density at radius 2 is 2.00 bits per heavy atom. The largest absolute Gasteiger partial charge is 0.478 e. The normalized spacial score (nSPS) is 10.2. The standard InChI is InChI=1S/C13H9BrN2O3S/c14-8-2-3-9(13(18)19)10(5-8)20-11-4-1-7(6-16-11)12(15)17/h1-6H,(H2,15,17)(H,18,19). The van der Waals surface area contributed by atoms with Gasteiger partial charge in [-0.2, -0.15) is 0 Å². The molecule has 0 unspecified atom stereocenters. The van der Waals surface area contributed by atoms with Gasteiger partial charge in [-0.25, -0.2) is 9.78 Å². The maximum Gasteiger partial charge on any atom is 0.336 e. The second-order valence-electron chi connectivity index (χ2n) is 3.80. The van der Waals surface area contributed by atoms with Gasteiger partial charge >= 0.3 is 5.97 Å². The number of hydrogen-bond donors (Lipinski definition) is 2. The van der Waals surface area contributed by atoms with Crippen molar-refractivity contribution < 1.29 is 14.7 Å². The SMILES string of the molecule is NC(=O)c1ccc(Sc2cc(Br)ccc2C(=O)O)nc1. The highest BCUT2D eigenvalue weighted by atomic mass is 79.9. The van der Waals surface area contributed by atoms with Crippen LogP contribution in [0.25, 0.3) is 0 Å². The van der Waals surface area contributed by atoms with E-state index in [2.05, 4.69) is 20.9 Å². The second kappa shape index (κ2) is 6.06. The molecule has 3 N–H and O–H groups in total. The van der Waals surface area contributed by atoms with Crippen molar-refractivity contribution in [1.82, 2.24) is 4.98 Å². The molecule has 5 nitrogen and oxygen atoms in total. The Morgan fingerprint density at radius 3 is 2.55 bits per heavy atom. The fourth-order valence-electron chi connectivity index (χ4n) is 1.46. The first kappa shape index (κ1) is 14.5. The van der Waals surface area contributed by atoms with Crippen LogP contribution >= 0.6 is 27.7 Å². The molecule has 0 aliphatic carbocycles. The van der Waals surface area contributed by atoms with Gasteiger partial charge in [-0.3, -0.25) is 4.79 Å². The van der Waals surface area contributed by atoms with E-state index in [1.54, 1.807) is 24.3 Å². The highest BCUT2D eigenvalue weighted by Crippen LogP contribution is 2.31. The summed E-state index contributed by atoms with van der Waals surface area (Å²) < 4.78 is 0.777. The number of primary amides is 1. The van der Waals surface area contributed by atoms with Gasteiger partial charge in [0, 0.05) is 15.6 Å². The summed E-state index contributed by atoms with van der Waals surface area (Å²) in [5, 5.41) is 9.72. The minimum atomic E-state index is -1.01. The summed E-state index contributed by atoms with van der Waals surface area (Å²) >= 11 is 4.50. The number of carboxylic acid groups (broad SMARTS) is 1. The van der Waals surface area contributed by atoms with Gasteiger partial charge in [0.25, 0.3) is 0 Å². The van der Waals surface area contributed by atoms with Gasteiger partial charge in [0.1, 0.15) is 5.03 Å². The molecule has 0 saturated heterocycles. The average molecular weight is 353 g/mol. The zero-order valence-electron chi connectivity index (χ0n) is 10.0. The van der Waals surface area contributed by atoms with E-state index >= 15 is 0 Å². The van der Waals surface area contributed by atoms with Crippen LogP contribution in [-0.2, 0) is 0 Å². The van der Waals surface area contributed by atoms with Crippen LogP contribution in [0.4, 0.5) is 0 Å². The van der Waals surface area contributed by atoms with Crippen molar-refractivity contribution in [3.05, 3.63) is 52.1 Å². The summed E-state index contributed by atoms with van der Waals surface area (Å²) in [6.45, 7) is 0. The van der Waals surface area contributed by atoms with Crippen LogP contribution in [0.5, 0.6) is 0 Å². The van der Waals surface area contributed by atoms with Crippen molar-refractivity contribution in [2.24, 2.45) is 5.73 Å². The van der Waals surface area contributed by atoms with Crippen molar-refractivity contribution in [3.63, 3.8) is 0 Å². The maximum absolute atomic E-state index is 11.2. The number of nitrogens with two attached hydrogens (primary N) is 1. The lowest BCUT2D eigenvalue weighted by molar-refractivity contribution is 0.0693. The highest BCUT2D eigenvalue weighted by molar-refractivity contribution is 9.10. The number of halogens is 1. The lowest BCUT2D eigenvalue weighted by Crippen LogP contribution is -2.10. The van der Waals surface area contributed by atoms with E-state index in [1.165, 1.54) is 24.0 Å². The number of aromatic carboxylic acids is 1. The van der Waals surface area contributed by atoms with Gasteiger partial charge < -0.3 is 10.8 Å². The molecule has 0 fully saturated rings. The molecule has 20 heavy (non-hydrogen) atoms. The molecule has 1 aromatic heterocycles. The lowest BCUT2D eigenvalue weighted by Gasteiger charge is -2.06. The molecule has 0 radical (unpaired) electrons. The van der Waals surface area contributed by atoms with E-state index < -0.39 is 11.9 Å². The Balaban J connectivity index is 2.31. The first-order valence-electron chi connectivity index (χ1n) is 5.44. The van der Waals surface area contributed by atoms with Gasteiger partial charge in [-0.15, -0.1) is 0 Å². The van der Waals surface area contributed by atoms with Gasteiger partial charge in [0.15, 0.2) is 0 Å². The molecule has 0 spiro atoms. The quantitative estimate of drug-likeness (QED) is 0.882. The molecule has 0 aliphatic heterocycles. The molecule has 1 heterocycles. The first-order chi connectivity index (χ1) is 9.47. The Morgan fingerprint density at radius 1 is 1.25 bits per heavy atom. The molecule has 0 aliphatic rings. The Hall–Kier alpha value is -1.86. The summed E-state index contributed by atoms with van der Waals surface area (Å²) in [5.74, 6) is -1.56. The van der Waals surface area contributed by atoms with Gasteiger partial charge in [0.05, 0.1) is 11.1 Å². The Bertz CT molecular complexity index is 674. The zero-order chi connectivity index (χ0) is 14.7. The Kier molecular flexibility index (Phi) is 4.41. The molecule has 1 amide bonds. The third-order valence-corrected chi connectivity index (χ3v) is 3.91. The number of aromatic nitrogens is 1. The monoisotopic (exact) mass is 352 g/mol.